The number of carbonyl (C=O) groups is 3. The molecule has 1 aromatic rings. The second kappa shape index (κ2) is 4.84. The Balaban J connectivity index is 2.36. The van der Waals surface area contributed by atoms with Gasteiger partial charge in [0.05, 0.1) is 12.5 Å². The number of Topliss-reactive ketones (excluding diaryl/α,β-unsaturated/α-hetero) is 1. The number of esters is 1. The van der Waals surface area contributed by atoms with Gasteiger partial charge in [-0.25, -0.2) is 4.79 Å². The lowest BCUT2D eigenvalue weighted by molar-refractivity contribution is -0.137. The summed E-state index contributed by atoms with van der Waals surface area (Å²) in [5, 5.41) is 0. The molecule has 0 aliphatic carbocycles. The number of rotatable bonds is 3. The van der Waals surface area contributed by atoms with Crippen LogP contribution in [0.1, 0.15) is 35.7 Å². The van der Waals surface area contributed by atoms with Crippen LogP contribution in [-0.2, 0) is 14.3 Å². The highest BCUT2D eigenvalue weighted by molar-refractivity contribution is 6.40. The van der Waals surface area contributed by atoms with Crippen molar-refractivity contribution in [2.75, 3.05) is 18.6 Å². The van der Waals surface area contributed by atoms with E-state index in [1.807, 2.05) is 0 Å². The molecule has 0 aromatic heterocycles. The predicted octanol–water partition coefficient (Wildman–Crippen LogP) is 1.51. The Kier molecular flexibility index (Phi) is 3.38. The fourth-order valence-corrected chi connectivity index (χ4v) is 2.20. The Hall–Kier alpha value is -2.17. The van der Waals surface area contributed by atoms with E-state index in [0.29, 0.717) is 0 Å². The van der Waals surface area contributed by atoms with E-state index in [1.165, 1.54) is 0 Å². The van der Waals surface area contributed by atoms with Crippen LogP contribution in [0.5, 0.6) is 0 Å². The third kappa shape index (κ3) is 2.12. The fraction of sp³-hybridized carbons (Fsp3) is 0.357. The fourth-order valence-electron chi connectivity index (χ4n) is 2.20. The number of fused-ring (bicyclic) bond motifs is 1. The molecule has 1 unspecified atom stereocenters. The van der Waals surface area contributed by atoms with Gasteiger partial charge in [-0.1, -0.05) is 0 Å². The number of anilines is 1. The number of carbonyl (C=O) groups excluding carboxylic acids is 3. The molecule has 1 heterocycles. The second-order valence-corrected chi connectivity index (χ2v) is 4.44. The van der Waals surface area contributed by atoms with Gasteiger partial charge in [-0.15, -0.1) is 0 Å². The number of benzene rings is 1. The van der Waals surface area contributed by atoms with E-state index in [1.54, 1.807) is 44.0 Å². The monoisotopic (exact) mass is 261 g/mol. The zero-order valence-corrected chi connectivity index (χ0v) is 11.1. The first kappa shape index (κ1) is 13.3. The summed E-state index contributed by atoms with van der Waals surface area (Å²) < 4.78 is 4.68. The summed E-state index contributed by atoms with van der Waals surface area (Å²) in [7, 11) is 1.69. The van der Waals surface area contributed by atoms with Gasteiger partial charge in [-0.3, -0.25) is 9.59 Å². The maximum Gasteiger partial charge on any atom is 0.379 e. The summed E-state index contributed by atoms with van der Waals surface area (Å²) in [6.45, 7) is 3.58. The van der Waals surface area contributed by atoms with Crippen molar-refractivity contribution in [2.24, 2.45) is 0 Å². The van der Waals surface area contributed by atoms with Crippen LogP contribution in [0.25, 0.3) is 0 Å². The molecule has 19 heavy (non-hydrogen) atoms. The lowest BCUT2D eigenvalue weighted by atomic mass is 9.99. The van der Waals surface area contributed by atoms with Crippen LogP contribution in [-0.4, -0.2) is 31.3 Å². The SMILES string of the molecule is CCOC(=O)C(=O)c1ccc2c(c1)C(C)C(=O)N2C. The first-order valence-electron chi connectivity index (χ1n) is 6.10. The summed E-state index contributed by atoms with van der Waals surface area (Å²) in [4.78, 5) is 36.6. The van der Waals surface area contributed by atoms with Crippen LogP contribution >= 0.6 is 0 Å². The van der Waals surface area contributed by atoms with Gasteiger partial charge in [-0.2, -0.15) is 0 Å². The molecule has 0 saturated carbocycles. The molecule has 0 saturated heterocycles. The molecule has 2 rings (SSSR count). The Morgan fingerprint density at radius 3 is 2.68 bits per heavy atom. The van der Waals surface area contributed by atoms with Crippen molar-refractivity contribution in [1.29, 1.82) is 0 Å². The molecule has 1 atom stereocenters. The summed E-state index contributed by atoms with van der Waals surface area (Å²) in [5.41, 5.74) is 1.80. The first-order chi connectivity index (χ1) is 8.97. The van der Waals surface area contributed by atoms with Crippen LogP contribution in [0.2, 0.25) is 0 Å². The first-order valence-corrected chi connectivity index (χ1v) is 6.10. The molecular weight excluding hydrogens is 246 g/mol. The number of likely N-dealkylation sites (N-methyl/N-ethyl adjacent to an activating group) is 1. The van der Waals surface area contributed by atoms with Crippen LogP contribution in [0.4, 0.5) is 5.69 Å². The van der Waals surface area contributed by atoms with Gasteiger partial charge in [0, 0.05) is 18.3 Å². The van der Waals surface area contributed by atoms with E-state index in [4.69, 9.17) is 0 Å². The van der Waals surface area contributed by atoms with Gasteiger partial charge in [0.1, 0.15) is 0 Å². The standard InChI is InChI=1S/C14H15NO4/c1-4-19-14(18)12(16)9-5-6-11-10(7-9)8(2)13(17)15(11)3/h5-8H,4H2,1-3H3. The summed E-state index contributed by atoms with van der Waals surface area (Å²) in [6.07, 6.45) is 0. The van der Waals surface area contributed by atoms with E-state index in [2.05, 4.69) is 4.74 Å². The van der Waals surface area contributed by atoms with Crippen molar-refractivity contribution in [3.8, 4) is 0 Å². The number of hydrogen-bond donors (Lipinski definition) is 0. The molecule has 1 aliphatic heterocycles. The third-order valence-corrected chi connectivity index (χ3v) is 3.28. The van der Waals surface area contributed by atoms with Gasteiger partial charge >= 0.3 is 5.97 Å². The molecule has 1 amide bonds. The van der Waals surface area contributed by atoms with E-state index in [0.717, 1.165) is 11.3 Å². The average Bonchev–Trinajstić information content (AvgIpc) is 2.63. The minimum absolute atomic E-state index is 0.0178. The molecule has 0 N–H and O–H groups in total. The van der Waals surface area contributed by atoms with E-state index in [-0.39, 0.29) is 24.0 Å². The largest absolute Gasteiger partial charge is 0.460 e. The van der Waals surface area contributed by atoms with Crippen molar-refractivity contribution in [2.45, 2.75) is 19.8 Å². The van der Waals surface area contributed by atoms with Gasteiger partial charge in [0.15, 0.2) is 0 Å². The number of nitrogens with zero attached hydrogens (tertiary/aromatic N) is 1. The Morgan fingerprint density at radius 1 is 1.37 bits per heavy atom. The van der Waals surface area contributed by atoms with Gasteiger partial charge in [0.2, 0.25) is 5.91 Å². The van der Waals surface area contributed by atoms with Crippen molar-refractivity contribution in [3.63, 3.8) is 0 Å². The van der Waals surface area contributed by atoms with Crippen molar-refractivity contribution in [3.05, 3.63) is 29.3 Å². The molecule has 0 radical (unpaired) electrons. The average molecular weight is 261 g/mol. The van der Waals surface area contributed by atoms with E-state index < -0.39 is 11.8 Å². The van der Waals surface area contributed by atoms with Crippen LogP contribution in [0.3, 0.4) is 0 Å². The lowest BCUT2D eigenvalue weighted by Gasteiger charge is -2.10. The molecule has 5 nitrogen and oxygen atoms in total. The number of hydrogen-bond acceptors (Lipinski definition) is 4. The molecule has 5 heteroatoms. The number of amides is 1. The zero-order valence-electron chi connectivity index (χ0n) is 11.1. The molecule has 1 aliphatic rings. The highest BCUT2D eigenvalue weighted by Crippen LogP contribution is 2.36. The second-order valence-electron chi connectivity index (χ2n) is 4.44. The Bertz CT molecular complexity index is 565. The predicted molar refractivity (Wildman–Crippen MR) is 69.2 cm³/mol. The minimum Gasteiger partial charge on any atom is -0.460 e. The van der Waals surface area contributed by atoms with Crippen LogP contribution in [0.15, 0.2) is 18.2 Å². The maximum atomic E-state index is 11.8. The van der Waals surface area contributed by atoms with Gasteiger partial charge in [-0.05, 0) is 37.6 Å². The Morgan fingerprint density at radius 2 is 2.05 bits per heavy atom. The highest BCUT2D eigenvalue weighted by Gasteiger charge is 2.32. The van der Waals surface area contributed by atoms with Gasteiger partial charge < -0.3 is 9.64 Å². The van der Waals surface area contributed by atoms with E-state index >= 15 is 0 Å². The maximum absolute atomic E-state index is 11.8. The molecule has 1 aromatic carbocycles. The summed E-state index contributed by atoms with van der Waals surface area (Å²) >= 11 is 0. The summed E-state index contributed by atoms with van der Waals surface area (Å²) in [6, 6.07) is 4.82. The lowest BCUT2D eigenvalue weighted by Crippen LogP contribution is -2.22. The zero-order chi connectivity index (χ0) is 14.2. The van der Waals surface area contributed by atoms with E-state index in [9.17, 15) is 14.4 Å². The summed E-state index contributed by atoms with van der Waals surface area (Å²) in [5.74, 6) is -1.86. The normalized spacial score (nSPS) is 17.3. The van der Waals surface area contributed by atoms with Crippen molar-refractivity contribution in [1.82, 2.24) is 0 Å². The van der Waals surface area contributed by atoms with Crippen LogP contribution in [0, 0.1) is 0 Å². The molecule has 0 spiro atoms. The Labute approximate surface area is 111 Å². The minimum atomic E-state index is -0.868. The molecule has 0 fully saturated rings. The highest BCUT2D eigenvalue weighted by atomic mass is 16.5. The number of ketones is 1. The van der Waals surface area contributed by atoms with Crippen molar-refractivity contribution >= 4 is 23.3 Å². The molecule has 0 bridgehead atoms. The third-order valence-electron chi connectivity index (χ3n) is 3.28. The van der Waals surface area contributed by atoms with Crippen LogP contribution < -0.4 is 4.90 Å². The molecule has 100 valence electrons. The number of ether oxygens (including phenoxy) is 1. The quantitative estimate of drug-likeness (QED) is 0.470. The van der Waals surface area contributed by atoms with Crippen molar-refractivity contribution < 1.29 is 19.1 Å². The van der Waals surface area contributed by atoms with Gasteiger partial charge in [0.25, 0.3) is 5.78 Å². The topological polar surface area (TPSA) is 63.7 Å². The molecular formula is C14H15NO4. The smallest absolute Gasteiger partial charge is 0.379 e.